The average molecular weight is 130 g/mol. The monoisotopic (exact) mass is 130 g/mol. The number of hydrogen-bond donors (Lipinski definition) is 1. The van der Waals surface area contributed by atoms with Crippen molar-refractivity contribution in [2.24, 2.45) is 5.73 Å². The molecule has 0 aliphatic carbocycles. The second kappa shape index (κ2) is 3.85. The summed E-state index contributed by atoms with van der Waals surface area (Å²) in [6, 6.07) is 0. The van der Waals surface area contributed by atoms with Gasteiger partial charge in [0.2, 0.25) is 0 Å². The second-order valence-electron chi connectivity index (χ2n) is 2.67. The second-order valence-corrected chi connectivity index (χ2v) is 2.67. The first-order valence-corrected chi connectivity index (χ1v) is 3.25. The van der Waals surface area contributed by atoms with Crippen LogP contribution in [-0.4, -0.2) is 18.8 Å². The van der Waals surface area contributed by atoms with Crippen LogP contribution in [0.4, 0.5) is 0 Å². The van der Waals surface area contributed by atoms with E-state index in [1.807, 2.05) is 13.8 Å². The zero-order valence-electron chi connectivity index (χ0n) is 6.31. The Morgan fingerprint density at radius 3 is 2.44 bits per heavy atom. The summed E-state index contributed by atoms with van der Waals surface area (Å²) in [5, 5.41) is 0. The maximum atomic E-state index is 5.40. The molecule has 0 bridgehead atoms. The minimum absolute atomic E-state index is 0.169. The van der Waals surface area contributed by atoms with Crippen LogP contribution in [-0.2, 0) is 4.74 Å². The number of ether oxygens (including phenoxy) is 1. The van der Waals surface area contributed by atoms with Gasteiger partial charge in [-0.05, 0) is 20.3 Å². The van der Waals surface area contributed by atoms with Gasteiger partial charge in [0.25, 0.3) is 0 Å². The van der Waals surface area contributed by atoms with Gasteiger partial charge in [-0.3, -0.25) is 0 Å². The van der Waals surface area contributed by atoms with Crippen molar-refractivity contribution in [3.8, 4) is 0 Å². The molecule has 0 heterocycles. The molecule has 1 radical (unpaired) electrons. The third-order valence-corrected chi connectivity index (χ3v) is 1.13. The smallest absolute Gasteiger partial charge is 0.0748 e. The molecule has 0 rings (SSSR count). The summed E-state index contributed by atoms with van der Waals surface area (Å²) in [4.78, 5) is 0. The molecule has 2 heteroatoms. The van der Waals surface area contributed by atoms with E-state index in [-0.39, 0.29) is 5.60 Å². The fourth-order valence-corrected chi connectivity index (χ4v) is 0.407. The molecular formula is C7H16NO. The number of nitrogens with two attached hydrogens (primary N) is 1. The molecule has 0 fully saturated rings. The predicted molar refractivity (Wildman–Crippen MR) is 39.1 cm³/mol. The van der Waals surface area contributed by atoms with Crippen LogP contribution in [0.1, 0.15) is 20.3 Å². The van der Waals surface area contributed by atoms with E-state index in [9.17, 15) is 0 Å². The Bertz CT molecular complexity index is 71.3. The molecule has 2 nitrogen and oxygen atoms in total. The fraction of sp³-hybridized carbons (Fsp3) is 0.857. The summed E-state index contributed by atoms with van der Waals surface area (Å²) in [6.07, 6.45) is 0.809. The van der Waals surface area contributed by atoms with Crippen LogP contribution < -0.4 is 5.73 Å². The van der Waals surface area contributed by atoms with Crippen molar-refractivity contribution in [1.29, 1.82) is 0 Å². The van der Waals surface area contributed by atoms with E-state index >= 15 is 0 Å². The highest BCUT2D eigenvalue weighted by molar-refractivity contribution is 4.68. The Labute approximate surface area is 57.4 Å². The summed E-state index contributed by atoms with van der Waals surface area (Å²) < 4.78 is 5.34. The van der Waals surface area contributed by atoms with Gasteiger partial charge in [-0.15, -0.1) is 0 Å². The van der Waals surface area contributed by atoms with Gasteiger partial charge in [0.1, 0.15) is 0 Å². The van der Waals surface area contributed by atoms with Gasteiger partial charge in [-0.2, -0.15) is 0 Å². The third kappa shape index (κ3) is 4.43. The first kappa shape index (κ1) is 8.92. The minimum atomic E-state index is -0.169. The zero-order valence-corrected chi connectivity index (χ0v) is 6.31. The summed E-state index contributed by atoms with van der Waals surface area (Å²) in [7, 11) is 0. The van der Waals surface area contributed by atoms with E-state index in [0.717, 1.165) is 6.42 Å². The van der Waals surface area contributed by atoms with Crippen LogP contribution in [0, 0.1) is 6.92 Å². The predicted octanol–water partition coefficient (Wildman–Crippen LogP) is 0.964. The number of hydrogen-bond acceptors (Lipinski definition) is 2. The van der Waals surface area contributed by atoms with E-state index in [1.165, 1.54) is 0 Å². The van der Waals surface area contributed by atoms with Crippen molar-refractivity contribution in [2.45, 2.75) is 25.9 Å². The van der Waals surface area contributed by atoms with Crippen molar-refractivity contribution < 1.29 is 4.74 Å². The van der Waals surface area contributed by atoms with E-state index in [0.29, 0.717) is 13.2 Å². The first-order valence-electron chi connectivity index (χ1n) is 3.25. The van der Waals surface area contributed by atoms with E-state index in [1.54, 1.807) is 0 Å². The highest BCUT2D eigenvalue weighted by atomic mass is 16.5. The quantitative estimate of drug-likeness (QED) is 0.615. The molecule has 55 valence electrons. The minimum Gasteiger partial charge on any atom is -0.374 e. The van der Waals surface area contributed by atoms with E-state index < -0.39 is 0 Å². The Kier molecular flexibility index (Phi) is 3.82. The molecule has 0 unspecified atom stereocenters. The summed E-state index contributed by atoms with van der Waals surface area (Å²) in [5.41, 5.74) is 5.23. The molecule has 2 N–H and O–H groups in total. The van der Waals surface area contributed by atoms with Crippen molar-refractivity contribution >= 4 is 0 Å². The van der Waals surface area contributed by atoms with Crippen LogP contribution in [0.3, 0.4) is 0 Å². The van der Waals surface area contributed by atoms with Crippen LogP contribution in [0.15, 0.2) is 0 Å². The largest absolute Gasteiger partial charge is 0.374 e. The lowest BCUT2D eigenvalue weighted by Gasteiger charge is -2.22. The van der Waals surface area contributed by atoms with Crippen molar-refractivity contribution in [3.63, 3.8) is 0 Å². The summed E-state index contributed by atoms with van der Waals surface area (Å²) in [6.45, 7) is 8.87. The lowest BCUT2D eigenvalue weighted by atomic mass is 10.1. The van der Waals surface area contributed by atoms with Crippen LogP contribution in [0.5, 0.6) is 0 Å². The summed E-state index contributed by atoms with van der Waals surface area (Å²) >= 11 is 0. The Morgan fingerprint density at radius 2 is 2.11 bits per heavy atom. The molecule has 0 aliphatic rings. The third-order valence-electron chi connectivity index (χ3n) is 1.13. The molecule has 0 aromatic rings. The van der Waals surface area contributed by atoms with Gasteiger partial charge in [0, 0.05) is 13.2 Å². The number of rotatable bonds is 4. The first-order chi connectivity index (χ1) is 4.12. The molecule has 0 amide bonds. The van der Waals surface area contributed by atoms with Crippen LogP contribution >= 0.6 is 0 Å². The molecule has 0 aromatic carbocycles. The van der Waals surface area contributed by atoms with Crippen molar-refractivity contribution in [2.75, 3.05) is 13.2 Å². The van der Waals surface area contributed by atoms with Gasteiger partial charge in [-0.25, -0.2) is 0 Å². The van der Waals surface area contributed by atoms with E-state index in [2.05, 4.69) is 6.92 Å². The van der Waals surface area contributed by atoms with E-state index in [4.69, 9.17) is 10.5 Å². The van der Waals surface area contributed by atoms with Gasteiger partial charge < -0.3 is 10.5 Å². The average Bonchev–Trinajstić information content (AvgIpc) is 1.84. The SMILES string of the molecule is [CH2]CCOC(C)(C)CN. The Hall–Kier alpha value is -0.0800. The molecule has 0 atom stereocenters. The van der Waals surface area contributed by atoms with Crippen LogP contribution in [0.25, 0.3) is 0 Å². The summed E-state index contributed by atoms with van der Waals surface area (Å²) in [5.74, 6) is 0. The Morgan fingerprint density at radius 1 is 1.56 bits per heavy atom. The molecular weight excluding hydrogens is 114 g/mol. The molecule has 9 heavy (non-hydrogen) atoms. The van der Waals surface area contributed by atoms with Gasteiger partial charge in [0.05, 0.1) is 5.60 Å². The zero-order chi connectivity index (χ0) is 7.33. The maximum absolute atomic E-state index is 5.40. The lowest BCUT2D eigenvalue weighted by Crippen LogP contribution is -2.34. The normalized spacial score (nSPS) is 12.0. The van der Waals surface area contributed by atoms with Crippen molar-refractivity contribution in [1.82, 2.24) is 0 Å². The molecule has 0 aliphatic heterocycles. The van der Waals surface area contributed by atoms with Gasteiger partial charge in [-0.1, -0.05) is 6.92 Å². The lowest BCUT2D eigenvalue weighted by molar-refractivity contribution is -0.00792. The fourth-order valence-electron chi connectivity index (χ4n) is 0.407. The molecule has 0 saturated carbocycles. The highest BCUT2D eigenvalue weighted by Gasteiger charge is 2.13. The van der Waals surface area contributed by atoms with Crippen molar-refractivity contribution in [3.05, 3.63) is 6.92 Å². The molecule has 0 aromatic heterocycles. The maximum Gasteiger partial charge on any atom is 0.0748 e. The van der Waals surface area contributed by atoms with Crippen LogP contribution in [0.2, 0.25) is 0 Å². The molecule has 0 saturated heterocycles. The van der Waals surface area contributed by atoms with Gasteiger partial charge in [0.15, 0.2) is 0 Å². The highest BCUT2D eigenvalue weighted by Crippen LogP contribution is 2.05. The standard InChI is InChI=1S/C7H16NO/c1-4-5-9-7(2,3)6-8/h1,4-6,8H2,2-3H3. The van der Waals surface area contributed by atoms with Gasteiger partial charge >= 0.3 is 0 Å². The Balaban J connectivity index is 3.33. The molecule has 0 spiro atoms. The topological polar surface area (TPSA) is 35.2 Å².